The van der Waals surface area contributed by atoms with Crippen LogP contribution in [0.4, 0.5) is 11.5 Å². The van der Waals surface area contributed by atoms with E-state index in [9.17, 15) is 23.1 Å². The van der Waals surface area contributed by atoms with Gasteiger partial charge < -0.3 is 16.2 Å². The number of nitrogens with one attached hydrogen (secondary N) is 2. The van der Waals surface area contributed by atoms with Crippen molar-refractivity contribution in [1.82, 2.24) is 19.9 Å². The summed E-state index contributed by atoms with van der Waals surface area (Å²) >= 11 is 6.39. The Morgan fingerprint density at radius 3 is 2.52 bits per heavy atom. The van der Waals surface area contributed by atoms with Crippen LogP contribution in [0.2, 0.25) is 5.02 Å². The minimum atomic E-state index is -3.67. The number of pyridine rings is 1. The van der Waals surface area contributed by atoms with E-state index in [2.05, 4.69) is 20.0 Å². The van der Waals surface area contributed by atoms with Crippen LogP contribution < -0.4 is 21.3 Å². The largest absolute Gasteiger partial charge is 0.506 e. The maximum absolute atomic E-state index is 13.7. The predicted molar refractivity (Wildman–Crippen MR) is 162 cm³/mol. The van der Waals surface area contributed by atoms with Gasteiger partial charge in [0.25, 0.3) is 11.5 Å². The number of halogens is 1. The number of amides is 1. The molecule has 5 rings (SSSR count). The maximum Gasteiger partial charge on any atom is 0.274 e. The minimum absolute atomic E-state index is 0.0662. The van der Waals surface area contributed by atoms with Crippen LogP contribution in [-0.4, -0.2) is 40.2 Å². The van der Waals surface area contributed by atoms with E-state index >= 15 is 0 Å². The van der Waals surface area contributed by atoms with Gasteiger partial charge in [-0.05, 0) is 54.8 Å². The SMILES string of the molecule is C[C@H](NC(=O)c1nc(-c2ccc(O)c(NS(C)(=O)=O)c2)cnc1N)c1cc2cccc(Cl)c2c(=O)n1-c1ccccc1. The number of phenols is 1. The van der Waals surface area contributed by atoms with Crippen LogP contribution >= 0.6 is 11.6 Å². The molecule has 0 bridgehead atoms. The molecule has 1 atom stereocenters. The second-order valence-electron chi connectivity index (χ2n) is 9.54. The number of aromatic nitrogens is 3. The number of para-hydroxylation sites is 1. The molecule has 0 fully saturated rings. The van der Waals surface area contributed by atoms with Gasteiger partial charge in [0.1, 0.15) is 5.75 Å². The van der Waals surface area contributed by atoms with E-state index in [1.807, 2.05) is 6.07 Å². The number of sulfonamides is 1. The van der Waals surface area contributed by atoms with Gasteiger partial charge in [-0.2, -0.15) is 0 Å². The van der Waals surface area contributed by atoms with Crippen LogP contribution in [0.1, 0.15) is 29.1 Å². The summed E-state index contributed by atoms with van der Waals surface area (Å²) in [6, 6.07) is 19.4. The Balaban J connectivity index is 1.53. The number of carbonyl (C=O) groups excluding carboxylic acids is 1. The fraction of sp³-hybridized carbons (Fsp3) is 0.103. The lowest BCUT2D eigenvalue weighted by Crippen LogP contribution is -2.33. The lowest BCUT2D eigenvalue weighted by atomic mass is 10.1. The molecule has 0 radical (unpaired) electrons. The Hall–Kier alpha value is -4.94. The fourth-order valence-corrected chi connectivity index (χ4v) is 5.35. The second-order valence-corrected chi connectivity index (χ2v) is 11.7. The molecule has 5 N–H and O–H groups in total. The molecule has 0 saturated carbocycles. The monoisotopic (exact) mass is 604 g/mol. The molecule has 0 aliphatic carbocycles. The number of carbonyl (C=O) groups is 1. The normalized spacial score (nSPS) is 12.2. The first kappa shape index (κ1) is 28.6. The average Bonchev–Trinajstić information content (AvgIpc) is 2.94. The summed E-state index contributed by atoms with van der Waals surface area (Å²) in [7, 11) is -3.67. The first-order valence-corrected chi connectivity index (χ1v) is 14.8. The summed E-state index contributed by atoms with van der Waals surface area (Å²) < 4.78 is 27.1. The van der Waals surface area contributed by atoms with Crippen LogP contribution in [0.15, 0.2) is 83.8 Å². The Labute approximate surface area is 245 Å². The first-order chi connectivity index (χ1) is 19.9. The molecule has 2 aromatic heterocycles. The van der Waals surface area contributed by atoms with Crippen LogP contribution in [0.3, 0.4) is 0 Å². The zero-order valence-electron chi connectivity index (χ0n) is 22.4. The summed E-state index contributed by atoms with van der Waals surface area (Å²) in [4.78, 5) is 35.6. The van der Waals surface area contributed by atoms with Crippen molar-refractivity contribution < 1.29 is 18.3 Å². The van der Waals surface area contributed by atoms with E-state index < -0.39 is 22.0 Å². The van der Waals surface area contributed by atoms with Gasteiger partial charge >= 0.3 is 0 Å². The summed E-state index contributed by atoms with van der Waals surface area (Å²) in [6.45, 7) is 1.72. The van der Waals surface area contributed by atoms with Gasteiger partial charge in [0, 0.05) is 16.9 Å². The third-order valence-electron chi connectivity index (χ3n) is 6.43. The second kappa shape index (κ2) is 11.1. The third kappa shape index (κ3) is 5.76. The highest BCUT2D eigenvalue weighted by atomic mass is 35.5. The van der Waals surface area contributed by atoms with Gasteiger partial charge in [-0.1, -0.05) is 41.9 Å². The van der Waals surface area contributed by atoms with Crippen molar-refractivity contribution in [3.05, 3.63) is 106 Å². The molecule has 0 saturated heterocycles. The number of nitrogens with two attached hydrogens (primary N) is 1. The Morgan fingerprint density at radius 1 is 1.07 bits per heavy atom. The van der Waals surface area contributed by atoms with Crippen LogP contribution in [0, 0.1) is 0 Å². The number of fused-ring (bicyclic) bond motifs is 1. The molecule has 1 amide bonds. The van der Waals surface area contributed by atoms with Crippen molar-refractivity contribution in [2.75, 3.05) is 16.7 Å². The molecule has 42 heavy (non-hydrogen) atoms. The molecule has 5 aromatic rings. The number of benzene rings is 3. The van der Waals surface area contributed by atoms with Crippen LogP contribution in [0.5, 0.6) is 5.75 Å². The number of nitrogens with zero attached hydrogens (tertiary/aromatic N) is 3. The Kier molecular flexibility index (Phi) is 7.59. The van der Waals surface area contributed by atoms with Crippen molar-refractivity contribution in [3.63, 3.8) is 0 Å². The Bertz CT molecular complexity index is 2020. The number of aromatic hydroxyl groups is 1. The number of nitrogen functional groups attached to an aromatic ring is 1. The number of hydrogen-bond acceptors (Lipinski definition) is 8. The molecule has 214 valence electrons. The number of phenolic OH excluding ortho intramolecular Hbond substituents is 1. The third-order valence-corrected chi connectivity index (χ3v) is 7.34. The molecule has 0 spiro atoms. The van der Waals surface area contributed by atoms with Gasteiger partial charge in [0.15, 0.2) is 11.5 Å². The van der Waals surface area contributed by atoms with E-state index in [-0.39, 0.29) is 34.2 Å². The van der Waals surface area contributed by atoms with Crippen molar-refractivity contribution in [1.29, 1.82) is 0 Å². The highest BCUT2D eigenvalue weighted by molar-refractivity contribution is 7.92. The molecular formula is C29H25ClN6O5S. The lowest BCUT2D eigenvalue weighted by molar-refractivity contribution is 0.0934. The predicted octanol–water partition coefficient (Wildman–Crippen LogP) is 4.25. The Morgan fingerprint density at radius 2 is 1.81 bits per heavy atom. The molecular weight excluding hydrogens is 580 g/mol. The van der Waals surface area contributed by atoms with E-state index in [4.69, 9.17) is 17.3 Å². The van der Waals surface area contributed by atoms with Crippen molar-refractivity contribution in [2.24, 2.45) is 0 Å². The summed E-state index contributed by atoms with van der Waals surface area (Å²) in [5.41, 5.74) is 7.10. The summed E-state index contributed by atoms with van der Waals surface area (Å²) in [6.07, 6.45) is 2.28. The van der Waals surface area contributed by atoms with Gasteiger partial charge in [-0.15, -0.1) is 0 Å². The first-order valence-electron chi connectivity index (χ1n) is 12.6. The molecule has 13 heteroatoms. The van der Waals surface area contributed by atoms with Gasteiger partial charge in [0.05, 0.1) is 40.3 Å². The number of rotatable bonds is 7. The average molecular weight is 605 g/mol. The summed E-state index contributed by atoms with van der Waals surface area (Å²) in [5.74, 6) is -1.08. The standard InChI is InChI=1S/C29H25ClN6O5S/c1-16(23-14-18-7-6-10-20(30)25(18)29(39)36(23)19-8-4-3-5-9-19)33-28(38)26-27(31)32-15-22(34-26)17-11-12-24(37)21(13-17)35-42(2,40)41/h3-16,35,37H,1-2H3,(H2,31,32)(H,33,38)/t16-/m0/s1. The highest BCUT2D eigenvalue weighted by Gasteiger charge is 2.22. The van der Waals surface area contributed by atoms with Crippen molar-refractivity contribution >= 4 is 49.8 Å². The zero-order chi connectivity index (χ0) is 30.2. The van der Waals surface area contributed by atoms with Crippen molar-refractivity contribution in [2.45, 2.75) is 13.0 Å². The van der Waals surface area contributed by atoms with Gasteiger partial charge in [-0.25, -0.2) is 18.4 Å². The van der Waals surface area contributed by atoms with E-state index in [0.717, 1.165) is 6.26 Å². The molecule has 0 aliphatic rings. The smallest absolute Gasteiger partial charge is 0.274 e. The molecule has 2 heterocycles. The maximum atomic E-state index is 13.7. The van der Waals surface area contributed by atoms with Crippen LogP contribution in [0.25, 0.3) is 27.7 Å². The topological polar surface area (TPSA) is 169 Å². The molecule has 0 aliphatic heterocycles. The van der Waals surface area contributed by atoms with E-state index in [0.29, 0.717) is 32.7 Å². The lowest BCUT2D eigenvalue weighted by Gasteiger charge is -2.21. The number of hydrogen-bond donors (Lipinski definition) is 4. The molecule has 3 aromatic carbocycles. The van der Waals surface area contributed by atoms with Crippen LogP contribution in [-0.2, 0) is 10.0 Å². The van der Waals surface area contributed by atoms with E-state index in [1.54, 1.807) is 55.5 Å². The van der Waals surface area contributed by atoms with Gasteiger partial charge in [-0.3, -0.25) is 18.9 Å². The van der Waals surface area contributed by atoms with Crippen molar-refractivity contribution in [3.8, 4) is 22.7 Å². The van der Waals surface area contributed by atoms with E-state index in [1.165, 1.54) is 29.0 Å². The fourth-order valence-electron chi connectivity index (χ4n) is 4.52. The highest BCUT2D eigenvalue weighted by Crippen LogP contribution is 2.30. The molecule has 0 unspecified atom stereocenters. The quantitative estimate of drug-likeness (QED) is 0.200. The van der Waals surface area contributed by atoms with Gasteiger partial charge in [0.2, 0.25) is 10.0 Å². The zero-order valence-corrected chi connectivity index (χ0v) is 23.9. The molecule has 11 nitrogen and oxygen atoms in total. The summed E-state index contributed by atoms with van der Waals surface area (Å²) in [5, 5.41) is 14.2. The number of anilines is 2. The minimum Gasteiger partial charge on any atom is -0.506 e.